The number of thioether (sulfide) groups is 1. The van der Waals surface area contributed by atoms with E-state index in [1.165, 1.54) is 6.20 Å². The van der Waals surface area contributed by atoms with Crippen LogP contribution >= 0.6 is 11.8 Å². The third-order valence-corrected chi connectivity index (χ3v) is 5.75. The van der Waals surface area contributed by atoms with E-state index >= 15 is 0 Å². The number of carbonyl (C=O) groups excluding carboxylic acids is 1. The van der Waals surface area contributed by atoms with Gasteiger partial charge in [-0.1, -0.05) is 30.3 Å². The van der Waals surface area contributed by atoms with Crippen molar-refractivity contribution in [1.82, 2.24) is 19.9 Å². The summed E-state index contributed by atoms with van der Waals surface area (Å²) in [6.45, 7) is 0. The Morgan fingerprint density at radius 2 is 1.90 bits per heavy atom. The number of nitrogens with one attached hydrogen (secondary N) is 2. The number of para-hydroxylation sites is 2. The molecule has 2 aromatic carbocycles. The lowest BCUT2D eigenvalue weighted by molar-refractivity contribution is 0.0935. The molecule has 2 N–H and O–H groups in total. The smallest absolute Gasteiger partial charge is 0.255 e. The van der Waals surface area contributed by atoms with Crippen LogP contribution in [0.1, 0.15) is 28.6 Å². The molecule has 4 aromatic rings. The van der Waals surface area contributed by atoms with Crippen molar-refractivity contribution in [2.75, 3.05) is 12.0 Å². The van der Waals surface area contributed by atoms with Gasteiger partial charge in [-0.25, -0.2) is 4.98 Å². The summed E-state index contributed by atoms with van der Waals surface area (Å²) in [7, 11) is 1.97. The first kappa shape index (κ1) is 19.3. The highest BCUT2D eigenvalue weighted by Crippen LogP contribution is 2.24. The molecule has 0 radical (unpaired) electrons. The van der Waals surface area contributed by atoms with Crippen LogP contribution < -0.4 is 10.9 Å². The maximum absolute atomic E-state index is 13.2. The van der Waals surface area contributed by atoms with Crippen LogP contribution in [0.2, 0.25) is 0 Å². The number of imidazole rings is 1. The minimum Gasteiger partial charge on any atom is -0.342 e. The van der Waals surface area contributed by atoms with E-state index in [4.69, 9.17) is 4.98 Å². The molecule has 0 aliphatic heterocycles. The zero-order valence-electron chi connectivity index (χ0n) is 16.3. The summed E-state index contributed by atoms with van der Waals surface area (Å²) in [5.74, 6) is 1.48. The van der Waals surface area contributed by atoms with Crippen LogP contribution in [-0.2, 0) is 7.05 Å². The zero-order chi connectivity index (χ0) is 20.4. The number of aromatic nitrogens is 3. The number of aromatic amines is 1. The number of amides is 1. The molecule has 2 heterocycles. The van der Waals surface area contributed by atoms with Gasteiger partial charge >= 0.3 is 0 Å². The lowest BCUT2D eigenvalue weighted by Gasteiger charge is -2.19. The molecule has 29 heavy (non-hydrogen) atoms. The zero-order valence-corrected chi connectivity index (χ0v) is 17.1. The molecule has 0 aliphatic rings. The van der Waals surface area contributed by atoms with Crippen molar-refractivity contribution < 1.29 is 4.79 Å². The molecule has 0 bridgehead atoms. The molecule has 4 rings (SSSR count). The van der Waals surface area contributed by atoms with Gasteiger partial charge in [0, 0.05) is 24.0 Å². The van der Waals surface area contributed by atoms with E-state index in [2.05, 4.69) is 10.3 Å². The lowest BCUT2D eigenvalue weighted by atomic mass is 10.1. The summed E-state index contributed by atoms with van der Waals surface area (Å²) < 4.78 is 2.03. The van der Waals surface area contributed by atoms with Gasteiger partial charge in [0.2, 0.25) is 0 Å². The van der Waals surface area contributed by atoms with Gasteiger partial charge < -0.3 is 14.9 Å². The van der Waals surface area contributed by atoms with Crippen molar-refractivity contribution >= 4 is 39.5 Å². The van der Waals surface area contributed by atoms with E-state index in [9.17, 15) is 9.59 Å². The number of hydrogen-bond donors (Lipinski definition) is 2. The Hall–Kier alpha value is -3.06. The Labute approximate surface area is 172 Å². The van der Waals surface area contributed by atoms with Gasteiger partial charge in [0.05, 0.1) is 22.6 Å². The average Bonchev–Trinajstić information content (AvgIpc) is 3.08. The van der Waals surface area contributed by atoms with Gasteiger partial charge in [-0.3, -0.25) is 9.59 Å². The van der Waals surface area contributed by atoms with Gasteiger partial charge in [0.25, 0.3) is 11.5 Å². The molecule has 6 nitrogen and oxygen atoms in total. The van der Waals surface area contributed by atoms with E-state index < -0.39 is 0 Å². The fraction of sp³-hybridized carbons (Fsp3) is 0.227. The second kappa shape index (κ2) is 8.13. The Morgan fingerprint density at radius 3 is 2.66 bits per heavy atom. The maximum atomic E-state index is 13.2. The van der Waals surface area contributed by atoms with E-state index in [1.807, 2.05) is 48.2 Å². The molecule has 0 fully saturated rings. The Balaban J connectivity index is 1.72. The van der Waals surface area contributed by atoms with Crippen LogP contribution in [-0.4, -0.2) is 32.5 Å². The van der Waals surface area contributed by atoms with Crippen molar-refractivity contribution in [2.24, 2.45) is 7.05 Å². The fourth-order valence-corrected chi connectivity index (χ4v) is 4.08. The highest BCUT2D eigenvalue weighted by molar-refractivity contribution is 7.98. The number of fused-ring (bicyclic) bond motifs is 2. The molecule has 0 aliphatic carbocycles. The fourth-order valence-electron chi connectivity index (χ4n) is 3.61. The van der Waals surface area contributed by atoms with E-state index in [0.717, 1.165) is 29.0 Å². The van der Waals surface area contributed by atoms with E-state index in [-0.39, 0.29) is 17.5 Å². The first-order valence-corrected chi connectivity index (χ1v) is 10.8. The summed E-state index contributed by atoms with van der Waals surface area (Å²) in [6, 6.07) is 14.8. The molecule has 1 unspecified atom stereocenters. The topological polar surface area (TPSA) is 79.8 Å². The number of pyridine rings is 1. The number of aryl methyl sites for hydroxylation is 1. The number of H-pyrrole nitrogens is 1. The summed E-state index contributed by atoms with van der Waals surface area (Å²) in [5.41, 5.74) is 2.18. The normalized spacial score (nSPS) is 12.3. The molecule has 148 valence electrons. The molecule has 7 heteroatoms. The number of benzene rings is 2. The van der Waals surface area contributed by atoms with Crippen LogP contribution in [0.4, 0.5) is 0 Å². The summed E-state index contributed by atoms with van der Waals surface area (Å²) in [5, 5.41) is 4.28. The van der Waals surface area contributed by atoms with Gasteiger partial charge in [-0.2, -0.15) is 11.8 Å². The molecule has 0 saturated carbocycles. The van der Waals surface area contributed by atoms with Gasteiger partial charge in [-0.05, 0) is 36.6 Å². The third kappa shape index (κ3) is 3.65. The van der Waals surface area contributed by atoms with Crippen LogP contribution in [0.3, 0.4) is 0 Å². The lowest BCUT2D eigenvalue weighted by Crippen LogP contribution is -2.31. The monoisotopic (exact) mass is 406 g/mol. The number of hydrogen-bond acceptors (Lipinski definition) is 4. The number of carbonyl (C=O) groups is 1. The SMILES string of the molecule is CSCCC(NC(=O)c1c[nH]c(=O)c2ccccc12)c1nc2ccccc2n1C. The molecule has 0 spiro atoms. The Kier molecular flexibility index (Phi) is 5.40. The predicted octanol–water partition coefficient (Wildman–Crippen LogP) is 3.64. The molecule has 1 amide bonds. The summed E-state index contributed by atoms with van der Waals surface area (Å²) in [4.78, 5) is 32.7. The summed E-state index contributed by atoms with van der Waals surface area (Å²) in [6.07, 6.45) is 4.29. The standard InChI is InChI=1S/C22H22N4O2S/c1-26-19-10-6-5-9-17(19)24-20(26)18(11-12-29-2)25-22(28)16-13-23-21(27)15-8-4-3-7-14(15)16/h3-10,13,18H,11-12H2,1-2H3,(H,23,27)(H,25,28). The predicted molar refractivity (Wildman–Crippen MR) is 118 cm³/mol. The Morgan fingerprint density at radius 1 is 1.17 bits per heavy atom. The number of nitrogens with zero attached hydrogens (tertiary/aromatic N) is 2. The van der Waals surface area contributed by atoms with Crippen molar-refractivity contribution in [3.05, 3.63) is 76.5 Å². The van der Waals surface area contributed by atoms with Gasteiger partial charge in [-0.15, -0.1) is 0 Å². The van der Waals surface area contributed by atoms with Crippen molar-refractivity contribution in [3.63, 3.8) is 0 Å². The largest absolute Gasteiger partial charge is 0.342 e. The molecule has 0 saturated heterocycles. The highest BCUT2D eigenvalue weighted by Gasteiger charge is 2.22. The number of rotatable bonds is 6. The maximum Gasteiger partial charge on any atom is 0.255 e. The van der Waals surface area contributed by atoms with Crippen molar-refractivity contribution in [1.29, 1.82) is 0 Å². The van der Waals surface area contributed by atoms with Crippen LogP contribution in [0, 0.1) is 0 Å². The minimum absolute atomic E-state index is 0.202. The van der Waals surface area contributed by atoms with Gasteiger partial charge in [0.15, 0.2) is 0 Å². The van der Waals surface area contributed by atoms with Crippen LogP contribution in [0.15, 0.2) is 59.5 Å². The van der Waals surface area contributed by atoms with Crippen LogP contribution in [0.25, 0.3) is 21.8 Å². The molecule has 2 aromatic heterocycles. The van der Waals surface area contributed by atoms with E-state index in [1.54, 1.807) is 30.0 Å². The van der Waals surface area contributed by atoms with Crippen molar-refractivity contribution in [2.45, 2.75) is 12.5 Å². The average molecular weight is 407 g/mol. The second-order valence-corrected chi connectivity index (χ2v) is 7.89. The minimum atomic E-state index is -0.238. The first-order chi connectivity index (χ1) is 14.1. The Bertz CT molecular complexity index is 1240. The summed E-state index contributed by atoms with van der Waals surface area (Å²) >= 11 is 1.73. The molecular weight excluding hydrogens is 384 g/mol. The van der Waals surface area contributed by atoms with E-state index in [0.29, 0.717) is 16.3 Å². The molecular formula is C22H22N4O2S. The first-order valence-electron chi connectivity index (χ1n) is 9.41. The molecule has 1 atom stereocenters. The van der Waals surface area contributed by atoms with Crippen LogP contribution in [0.5, 0.6) is 0 Å². The van der Waals surface area contributed by atoms with Crippen molar-refractivity contribution in [3.8, 4) is 0 Å². The third-order valence-electron chi connectivity index (χ3n) is 5.10. The quantitative estimate of drug-likeness (QED) is 0.512. The highest BCUT2D eigenvalue weighted by atomic mass is 32.2. The van der Waals surface area contributed by atoms with Gasteiger partial charge in [0.1, 0.15) is 5.82 Å². The second-order valence-electron chi connectivity index (χ2n) is 6.90.